The molecular weight excluding hydrogens is 477 g/mol. The Bertz CT molecular complexity index is 949. The highest BCUT2D eigenvalue weighted by atomic mass is 127. The number of para-hydroxylation sites is 1. The third kappa shape index (κ3) is 5.19. The summed E-state index contributed by atoms with van der Waals surface area (Å²) in [5, 5.41) is 8.22. The maximum atomic E-state index is 5.61. The molecule has 1 saturated carbocycles. The minimum Gasteiger partial charge on any atom is -0.454 e. The first-order valence-corrected chi connectivity index (χ1v) is 11.3. The van der Waals surface area contributed by atoms with Gasteiger partial charge in [-0.2, -0.15) is 4.98 Å². The molecule has 0 atom stereocenters. The van der Waals surface area contributed by atoms with Gasteiger partial charge in [0.1, 0.15) is 11.6 Å². The molecule has 2 heterocycles. The molecule has 1 fully saturated rings. The van der Waals surface area contributed by atoms with Crippen LogP contribution in [0.4, 0.5) is 11.8 Å². The highest BCUT2D eigenvalue weighted by Crippen LogP contribution is 2.28. The highest BCUT2D eigenvalue weighted by Gasteiger charge is 2.22. The molecule has 4 rings (SSSR count). The summed E-state index contributed by atoms with van der Waals surface area (Å²) in [6.07, 6.45) is 4.74. The number of nitrogens with zero attached hydrogens (tertiary/aromatic N) is 3. The van der Waals surface area contributed by atoms with Gasteiger partial charge in [0.15, 0.2) is 3.77 Å². The molecule has 1 aliphatic rings. The first kappa shape index (κ1) is 20.4. The number of halogens is 1. The average molecular weight is 505 g/mol. The fourth-order valence-corrected chi connectivity index (χ4v) is 4.47. The van der Waals surface area contributed by atoms with Crippen LogP contribution in [-0.2, 0) is 6.54 Å². The van der Waals surface area contributed by atoms with Gasteiger partial charge in [0.2, 0.25) is 5.95 Å². The molecule has 0 amide bonds. The fraction of sp³-hybridized carbons (Fsp3) is 0.455. The van der Waals surface area contributed by atoms with Gasteiger partial charge in [-0.25, -0.2) is 4.98 Å². The van der Waals surface area contributed by atoms with E-state index in [-0.39, 0.29) is 0 Å². The summed E-state index contributed by atoms with van der Waals surface area (Å²) in [4.78, 5) is 11.6. The van der Waals surface area contributed by atoms with E-state index >= 15 is 0 Å². The second-order valence-electron chi connectivity index (χ2n) is 7.98. The molecule has 29 heavy (non-hydrogen) atoms. The van der Waals surface area contributed by atoms with Gasteiger partial charge in [0.05, 0.1) is 12.1 Å². The van der Waals surface area contributed by atoms with Gasteiger partial charge in [0, 0.05) is 25.5 Å². The topological polar surface area (TPSA) is 66.2 Å². The molecule has 0 unspecified atom stereocenters. The molecule has 0 aliphatic heterocycles. The number of anilines is 2. The summed E-state index contributed by atoms with van der Waals surface area (Å²) in [6, 6.07) is 12.7. The smallest absolute Gasteiger partial charge is 0.225 e. The van der Waals surface area contributed by atoms with Crippen molar-refractivity contribution in [2.24, 2.45) is 5.92 Å². The Balaban J connectivity index is 1.30. The lowest BCUT2D eigenvalue weighted by atomic mass is 9.86. The van der Waals surface area contributed by atoms with E-state index in [1.165, 1.54) is 12.8 Å². The van der Waals surface area contributed by atoms with E-state index in [4.69, 9.17) is 14.4 Å². The molecule has 0 spiro atoms. The van der Waals surface area contributed by atoms with Crippen LogP contribution >= 0.6 is 22.6 Å². The molecule has 6 nitrogen and oxygen atoms in total. The lowest BCUT2D eigenvalue weighted by Gasteiger charge is -2.29. The second-order valence-corrected chi connectivity index (χ2v) is 9.04. The van der Waals surface area contributed by atoms with Crippen LogP contribution in [0, 0.1) is 9.68 Å². The van der Waals surface area contributed by atoms with Crippen molar-refractivity contribution in [3.8, 4) is 0 Å². The Morgan fingerprint density at radius 3 is 2.59 bits per heavy atom. The van der Waals surface area contributed by atoms with Gasteiger partial charge < -0.3 is 20.0 Å². The standard InChI is InChI=1S/C22H28IN5O/c1-28(2)21-18-5-3-4-6-19(18)26-22(27-21)25-16-9-7-15(8-10-16)13-24-14-17-11-12-20(23)29-17/h3-6,11-12,15-16,24H,7-10,13-14H2,1-2H3,(H,25,26,27). The Kier molecular flexibility index (Phi) is 6.54. The molecule has 1 aromatic carbocycles. The van der Waals surface area contributed by atoms with Gasteiger partial charge >= 0.3 is 0 Å². The number of fused-ring (bicyclic) bond motifs is 1. The van der Waals surface area contributed by atoms with Crippen LogP contribution in [0.15, 0.2) is 40.8 Å². The molecule has 2 N–H and O–H groups in total. The van der Waals surface area contributed by atoms with E-state index in [0.29, 0.717) is 6.04 Å². The van der Waals surface area contributed by atoms with E-state index in [1.807, 2.05) is 38.4 Å². The first-order chi connectivity index (χ1) is 14.1. The SMILES string of the molecule is CN(C)c1nc(NC2CCC(CNCc3ccc(I)o3)CC2)nc2ccccc12. The number of benzene rings is 1. The average Bonchev–Trinajstić information content (AvgIpc) is 3.13. The van der Waals surface area contributed by atoms with Crippen LogP contribution in [0.2, 0.25) is 0 Å². The third-order valence-electron chi connectivity index (χ3n) is 5.55. The summed E-state index contributed by atoms with van der Waals surface area (Å²) < 4.78 is 6.55. The van der Waals surface area contributed by atoms with Crippen molar-refractivity contribution in [1.29, 1.82) is 0 Å². The maximum absolute atomic E-state index is 5.61. The lowest BCUT2D eigenvalue weighted by molar-refractivity contribution is 0.319. The zero-order valence-electron chi connectivity index (χ0n) is 17.0. The van der Waals surface area contributed by atoms with E-state index in [0.717, 1.165) is 64.0 Å². The Morgan fingerprint density at radius 2 is 1.86 bits per heavy atom. The molecule has 1 aliphatic carbocycles. The van der Waals surface area contributed by atoms with Crippen molar-refractivity contribution in [2.45, 2.75) is 38.3 Å². The number of nitrogens with one attached hydrogen (secondary N) is 2. The molecule has 0 bridgehead atoms. The normalized spacial score (nSPS) is 19.4. The highest BCUT2D eigenvalue weighted by molar-refractivity contribution is 14.1. The van der Waals surface area contributed by atoms with E-state index in [9.17, 15) is 0 Å². The predicted molar refractivity (Wildman–Crippen MR) is 126 cm³/mol. The van der Waals surface area contributed by atoms with Gasteiger partial charge in [-0.1, -0.05) is 12.1 Å². The van der Waals surface area contributed by atoms with Crippen LogP contribution in [0.1, 0.15) is 31.4 Å². The van der Waals surface area contributed by atoms with Crippen LogP contribution in [-0.4, -0.2) is 36.6 Å². The zero-order chi connectivity index (χ0) is 20.2. The van der Waals surface area contributed by atoms with E-state index in [2.05, 4.69) is 50.3 Å². The van der Waals surface area contributed by atoms with Gasteiger partial charge in [-0.3, -0.25) is 0 Å². The number of rotatable bonds is 7. The minimum absolute atomic E-state index is 0.439. The molecule has 3 aromatic rings. The van der Waals surface area contributed by atoms with Crippen LogP contribution in [0.25, 0.3) is 10.9 Å². The van der Waals surface area contributed by atoms with Crippen LogP contribution in [0.5, 0.6) is 0 Å². The summed E-state index contributed by atoms with van der Waals surface area (Å²) in [7, 11) is 4.06. The summed E-state index contributed by atoms with van der Waals surface area (Å²) in [5.74, 6) is 3.43. The molecule has 0 saturated heterocycles. The quantitative estimate of drug-likeness (QED) is 0.456. The Hall–Kier alpha value is -1.87. The minimum atomic E-state index is 0.439. The van der Waals surface area contributed by atoms with Crippen molar-refractivity contribution < 1.29 is 4.42 Å². The number of aromatic nitrogens is 2. The zero-order valence-corrected chi connectivity index (χ0v) is 19.1. The van der Waals surface area contributed by atoms with Crippen molar-refractivity contribution in [3.05, 3.63) is 45.9 Å². The van der Waals surface area contributed by atoms with Crippen LogP contribution < -0.4 is 15.5 Å². The Morgan fingerprint density at radius 1 is 1.07 bits per heavy atom. The number of hydrogen-bond donors (Lipinski definition) is 2. The Labute approximate surface area is 185 Å². The van der Waals surface area contributed by atoms with Crippen molar-refractivity contribution >= 4 is 45.3 Å². The molecule has 2 aromatic heterocycles. The van der Waals surface area contributed by atoms with E-state index in [1.54, 1.807) is 0 Å². The first-order valence-electron chi connectivity index (χ1n) is 10.2. The second kappa shape index (κ2) is 9.30. The predicted octanol–water partition coefficient (Wildman–Crippen LogP) is 4.65. The van der Waals surface area contributed by atoms with Crippen molar-refractivity contribution in [3.63, 3.8) is 0 Å². The molecular formula is C22H28IN5O. The fourth-order valence-electron chi connectivity index (χ4n) is 4.01. The summed E-state index contributed by atoms with van der Waals surface area (Å²) >= 11 is 2.20. The molecule has 7 heteroatoms. The van der Waals surface area contributed by atoms with Crippen LogP contribution in [0.3, 0.4) is 0 Å². The van der Waals surface area contributed by atoms with Crippen molar-refractivity contribution in [2.75, 3.05) is 30.9 Å². The van der Waals surface area contributed by atoms with Gasteiger partial charge in [-0.15, -0.1) is 0 Å². The monoisotopic (exact) mass is 505 g/mol. The molecule has 154 valence electrons. The lowest BCUT2D eigenvalue weighted by Crippen LogP contribution is -2.31. The largest absolute Gasteiger partial charge is 0.454 e. The summed E-state index contributed by atoms with van der Waals surface area (Å²) in [5.41, 5.74) is 0.985. The number of hydrogen-bond acceptors (Lipinski definition) is 6. The van der Waals surface area contributed by atoms with Gasteiger partial charge in [0.25, 0.3) is 0 Å². The maximum Gasteiger partial charge on any atom is 0.225 e. The van der Waals surface area contributed by atoms with E-state index < -0.39 is 0 Å². The number of furan rings is 1. The van der Waals surface area contributed by atoms with Gasteiger partial charge in [-0.05, 0) is 85.0 Å². The van der Waals surface area contributed by atoms with Crippen molar-refractivity contribution in [1.82, 2.24) is 15.3 Å². The third-order valence-corrected chi connectivity index (χ3v) is 6.13. The molecule has 0 radical (unpaired) electrons. The summed E-state index contributed by atoms with van der Waals surface area (Å²) in [6.45, 7) is 1.85.